The fourth-order valence-electron chi connectivity index (χ4n) is 3.65. The van der Waals surface area contributed by atoms with E-state index in [9.17, 15) is 0 Å². The molecule has 3 heterocycles. The Morgan fingerprint density at radius 1 is 1.08 bits per heavy atom. The van der Waals surface area contributed by atoms with Crippen LogP contribution in [-0.4, -0.2) is 47.7 Å². The summed E-state index contributed by atoms with van der Waals surface area (Å²) in [4.78, 5) is 13.6. The molecule has 0 N–H and O–H groups in total. The second-order valence-electron chi connectivity index (χ2n) is 6.55. The van der Waals surface area contributed by atoms with Crippen LogP contribution in [0.4, 0.5) is 5.69 Å². The standard InChI is InChI=1S/C19H24N4O/c1-2-6-18(23-9-3-4-10-23)16(5-1)14-22-11-12-24-19(15-22)17-13-20-7-8-21-17/h1-2,5-8,13,19H,3-4,9-12,14-15H2/t19-/m1/s1. The van der Waals surface area contributed by atoms with E-state index in [-0.39, 0.29) is 6.10 Å². The Kier molecular flexibility index (Phi) is 4.71. The molecule has 4 rings (SSSR count). The summed E-state index contributed by atoms with van der Waals surface area (Å²) in [6.45, 7) is 5.91. The van der Waals surface area contributed by atoms with Gasteiger partial charge in [0.25, 0.3) is 0 Å². The van der Waals surface area contributed by atoms with Crippen molar-refractivity contribution in [1.29, 1.82) is 0 Å². The zero-order valence-corrected chi connectivity index (χ0v) is 14.0. The molecule has 0 bridgehead atoms. The van der Waals surface area contributed by atoms with Gasteiger partial charge in [0, 0.05) is 50.8 Å². The van der Waals surface area contributed by atoms with E-state index in [1.165, 1.54) is 37.2 Å². The van der Waals surface area contributed by atoms with E-state index in [1.54, 1.807) is 12.4 Å². The first-order valence-electron chi connectivity index (χ1n) is 8.83. The molecule has 0 amide bonds. The maximum Gasteiger partial charge on any atom is 0.114 e. The molecule has 2 fully saturated rings. The highest BCUT2D eigenvalue weighted by Gasteiger charge is 2.24. The van der Waals surface area contributed by atoms with Gasteiger partial charge in [-0.1, -0.05) is 18.2 Å². The number of ether oxygens (including phenoxy) is 1. The van der Waals surface area contributed by atoms with Gasteiger partial charge in [-0.3, -0.25) is 14.9 Å². The lowest BCUT2D eigenvalue weighted by Crippen LogP contribution is -2.38. The summed E-state index contributed by atoms with van der Waals surface area (Å²) in [5, 5.41) is 0. The third-order valence-corrected chi connectivity index (χ3v) is 4.90. The van der Waals surface area contributed by atoms with Crippen molar-refractivity contribution in [3.8, 4) is 0 Å². The first kappa shape index (κ1) is 15.5. The van der Waals surface area contributed by atoms with Crippen LogP contribution in [-0.2, 0) is 11.3 Å². The van der Waals surface area contributed by atoms with Crippen molar-refractivity contribution in [3.05, 3.63) is 54.1 Å². The van der Waals surface area contributed by atoms with E-state index < -0.39 is 0 Å². The van der Waals surface area contributed by atoms with Crippen LogP contribution < -0.4 is 4.90 Å². The van der Waals surface area contributed by atoms with Crippen LogP contribution in [0.25, 0.3) is 0 Å². The molecule has 126 valence electrons. The lowest BCUT2D eigenvalue weighted by atomic mass is 10.1. The minimum absolute atomic E-state index is 0.0198. The molecule has 2 aliphatic heterocycles. The van der Waals surface area contributed by atoms with Crippen LogP contribution in [0.1, 0.15) is 30.2 Å². The van der Waals surface area contributed by atoms with Gasteiger partial charge in [-0.2, -0.15) is 0 Å². The van der Waals surface area contributed by atoms with E-state index in [2.05, 4.69) is 44.0 Å². The molecule has 0 unspecified atom stereocenters. The zero-order valence-electron chi connectivity index (χ0n) is 14.0. The summed E-state index contributed by atoms with van der Waals surface area (Å²) in [5.41, 5.74) is 3.74. The number of rotatable bonds is 4. The fourth-order valence-corrected chi connectivity index (χ4v) is 3.65. The van der Waals surface area contributed by atoms with Crippen molar-refractivity contribution in [2.45, 2.75) is 25.5 Å². The predicted octanol–water partition coefficient (Wildman–Crippen LogP) is 2.65. The molecule has 5 nitrogen and oxygen atoms in total. The molecule has 24 heavy (non-hydrogen) atoms. The summed E-state index contributed by atoms with van der Waals surface area (Å²) < 4.78 is 5.91. The van der Waals surface area contributed by atoms with E-state index in [4.69, 9.17) is 4.74 Å². The second-order valence-corrected chi connectivity index (χ2v) is 6.55. The van der Waals surface area contributed by atoms with Crippen molar-refractivity contribution < 1.29 is 4.74 Å². The van der Waals surface area contributed by atoms with E-state index >= 15 is 0 Å². The second kappa shape index (κ2) is 7.28. The average Bonchev–Trinajstić information content (AvgIpc) is 3.18. The van der Waals surface area contributed by atoms with E-state index in [0.717, 1.165) is 31.9 Å². The number of para-hydroxylation sites is 1. The lowest BCUT2D eigenvalue weighted by Gasteiger charge is -2.33. The molecule has 1 aromatic carbocycles. The highest BCUT2D eigenvalue weighted by Crippen LogP contribution is 2.27. The zero-order chi connectivity index (χ0) is 16.2. The Labute approximate surface area is 143 Å². The number of nitrogens with zero attached hydrogens (tertiary/aromatic N) is 4. The Hall–Kier alpha value is -1.98. The van der Waals surface area contributed by atoms with Gasteiger partial charge in [-0.25, -0.2) is 0 Å². The molecule has 0 spiro atoms. The lowest BCUT2D eigenvalue weighted by molar-refractivity contribution is -0.0351. The van der Waals surface area contributed by atoms with Gasteiger partial charge in [-0.05, 0) is 24.5 Å². The SMILES string of the molecule is c1ccc(N2CCCC2)c(CN2CCO[C@@H](c3cnccn3)C2)c1. The molecule has 0 aliphatic carbocycles. The van der Waals surface area contributed by atoms with Gasteiger partial charge in [0.2, 0.25) is 0 Å². The minimum Gasteiger partial charge on any atom is -0.371 e. The van der Waals surface area contributed by atoms with Gasteiger partial charge in [-0.15, -0.1) is 0 Å². The maximum absolute atomic E-state index is 5.91. The molecule has 2 saturated heterocycles. The number of anilines is 1. The van der Waals surface area contributed by atoms with Crippen molar-refractivity contribution in [2.24, 2.45) is 0 Å². The molecule has 1 aromatic heterocycles. The van der Waals surface area contributed by atoms with Crippen LogP contribution in [0.2, 0.25) is 0 Å². The Balaban J connectivity index is 1.47. The third-order valence-electron chi connectivity index (χ3n) is 4.90. The number of morpholine rings is 1. The monoisotopic (exact) mass is 324 g/mol. The van der Waals surface area contributed by atoms with Crippen molar-refractivity contribution in [3.63, 3.8) is 0 Å². The first-order valence-corrected chi connectivity index (χ1v) is 8.83. The molecule has 2 aliphatic rings. The molecule has 0 saturated carbocycles. The Morgan fingerprint density at radius 2 is 1.96 bits per heavy atom. The summed E-state index contributed by atoms with van der Waals surface area (Å²) in [6, 6.07) is 8.83. The predicted molar refractivity (Wildman–Crippen MR) is 93.9 cm³/mol. The number of aromatic nitrogens is 2. The van der Waals surface area contributed by atoms with Gasteiger partial charge in [0.05, 0.1) is 18.5 Å². The van der Waals surface area contributed by atoms with Gasteiger partial charge in [0.15, 0.2) is 0 Å². The average molecular weight is 324 g/mol. The summed E-state index contributed by atoms with van der Waals surface area (Å²) in [6.07, 6.45) is 7.89. The quantitative estimate of drug-likeness (QED) is 0.865. The van der Waals surface area contributed by atoms with Gasteiger partial charge < -0.3 is 9.64 Å². The number of benzene rings is 1. The number of hydrogen-bond acceptors (Lipinski definition) is 5. The highest BCUT2D eigenvalue weighted by atomic mass is 16.5. The smallest absolute Gasteiger partial charge is 0.114 e. The van der Waals surface area contributed by atoms with Gasteiger partial charge >= 0.3 is 0 Å². The molecular formula is C19H24N4O. The Morgan fingerprint density at radius 3 is 2.79 bits per heavy atom. The minimum atomic E-state index is 0.0198. The van der Waals surface area contributed by atoms with Crippen molar-refractivity contribution >= 4 is 5.69 Å². The highest BCUT2D eigenvalue weighted by molar-refractivity contribution is 5.54. The Bertz CT molecular complexity index is 657. The summed E-state index contributed by atoms with van der Waals surface area (Å²) in [7, 11) is 0. The van der Waals surface area contributed by atoms with E-state index in [1.807, 2.05) is 6.20 Å². The molecule has 0 radical (unpaired) electrons. The topological polar surface area (TPSA) is 41.5 Å². The van der Waals surface area contributed by atoms with Crippen LogP contribution in [0.3, 0.4) is 0 Å². The van der Waals surface area contributed by atoms with Crippen LogP contribution >= 0.6 is 0 Å². The van der Waals surface area contributed by atoms with Crippen LogP contribution in [0.15, 0.2) is 42.9 Å². The van der Waals surface area contributed by atoms with Crippen LogP contribution in [0.5, 0.6) is 0 Å². The molecule has 1 atom stereocenters. The molecule has 2 aromatic rings. The van der Waals surface area contributed by atoms with Crippen LogP contribution in [0, 0.1) is 0 Å². The van der Waals surface area contributed by atoms with Gasteiger partial charge in [0.1, 0.15) is 6.10 Å². The summed E-state index contributed by atoms with van der Waals surface area (Å²) >= 11 is 0. The van der Waals surface area contributed by atoms with Crippen molar-refractivity contribution in [2.75, 3.05) is 37.7 Å². The third kappa shape index (κ3) is 3.42. The van der Waals surface area contributed by atoms with Crippen molar-refractivity contribution in [1.82, 2.24) is 14.9 Å². The molecule has 5 heteroatoms. The molecular weight excluding hydrogens is 300 g/mol. The van der Waals surface area contributed by atoms with E-state index in [0.29, 0.717) is 0 Å². The summed E-state index contributed by atoms with van der Waals surface area (Å²) in [5.74, 6) is 0. The largest absolute Gasteiger partial charge is 0.371 e. The normalized spacial score (nSPS) is 22.0. The fraction of sp³-hybridized carbons (Fsp3) is 0.474. The number of hydrogen-bond donors (Lipinski definition) is 0. The maximum atomic E-state index is 5.91. The first-order chi connectivity index (χ1) is 11.9.